The largest absolute Gasteiger partial charge is 0.390 e. The molecule has 23 heavy (non-hydrogen) atoms. The second-order valence-electron chi connectivity index (χ2n) is 5.52. The van der Waals surface area contributed by atoms with Gasteiger partial charge in [-0.25, -0.2) is 0 Å². The molecule has 2 fully saturated rings. The van der Waals surface area contributed by atoms with Gasteiger partial charge in [0.25, 0.3) is 0 Å². The number of aliphatic hydroxyl groups is 1. The van der Waals surface area contributed by atoms with Gasteiger partial charge in [-0.3, -0.25) is 0 Å². The summed E-state index contributed by atoms with van der Waals surface area (Å²) in [5, 5.41) is 14.1. The number of nitrogens with zero attached hydrogens (tertiary/aromatic N) is 3. The van der Waals surface area contributed by atoms with Crippen molar-refractivity contribution in [2.75, 3.05) is 13.7 Å². The lowest BCUT2D eigenvalue weighted by Gasteiger charge is -2.46. The Bertz CT molecular complexity index is 565. The summed E-state index contributed by atoms with van der Waals surface area (Å²) in [6.07, 6.45) is -2.84. The molecule has 2 heterocycles. The quantitative estimate of drug-likeness (QED) is 0.512. The molecule has 0 unspecified atom stereocenters. The number of rotatable bonds is 4. The summed E-state index contributed by atoms with van der Waals surface area (Å²) < 4.78 is 22.3. The van der Waals surface area contributed by atoms with E-state index in [0.29, 0.717) is 6.42 Å². The van der Waals surface area contributed by atoms with Crippen LogP contribution in [-0.4, -0.2) is 55.8 Å². The number of fused-ring (bicyclic) bond motifs is 1. The standard InChI is InChI=1S/C15H19N3O5/c1-20-15-12(17-18-16)13(19)14-10(22-15)8-21-11(23-14)7-9-5-3-2-4-6-9/h2-6,10-15,19H,7-8H2,1H3/t10-,11+,12-,13+,14-,15-/m1/s1. The summed E-state index contributed by atoms with van der Waals surface area (Å²) in [6, 6.07) is 8.94. The summed E-state index contributed by atoms with van der Waals surface area (Å²) in [4.78, 5) is 2.75. The Labute approximate surface area is 133 Å². The van der Waals surface area contributed by atoms with Crippen molar-refractivity contribution in [1.82, 2.24) is 0 Å². The second-order valence-corrected chi connectivity index (χ2v) is 5.52. The summed E-state index contributed by atoms with van der Waals surface area (Å²) >= 11 is 0. The average Bonchev–Trinajstić information content (AvgIpc) is 2.58. The van der Waals surface area contributed by atoms with Gasteiger partial charge in [-0.15, -0.1) is 0 Å². The first-order chi connectivity index (χ1) is 11.2. The molecule has 1 N–H and O–H groups in total. The van der Waals surface area contributed by atoms with Crippen molar-refractivity contribution in [2.45, 2.75) is 43.4 Å². The molecule has 3 rings (SSSR count). The molecule has 6 atom stereocenters. The highest BCUT2D eigenvalue weighted by molar-refractivity contribution is 5.15. The number of aliphatic hydroxyl groups excluding tert-OH is 1. The third-order valence-electron chi connectivity index (χ3n) is 4.06. The SMILES string of the molecule is CO[C@@H]1O[C@@H]2CO[C@H](Cc3ccccc3)O[C@H]2[C@@H](O)[C@H]1N=[N+]=[N-]. The van der Waals surface area contributed by atoms with Crippen LogP contribution in [0, 0.1) is 0 Å². The molecule has 0 aliphatic carbocycles. The first kappa shape index (κ1) is 16.2. The summed E-state index contributed by atoms with van der Waals surface area (Å²) in [5.41, 5.74) is 9.74. The molecular weight excluding hydrogens is 302 g/mol. The molecule has 0 bridgehead atoms. The predicted octanol–water partition coefficient (Wildman–Crippen LogP) is 1.38. The van der Waals surface area contributed by atoms with Crippen molar-refractivity contribution in [3.05, 3.63) is 46.3 Å². The highest BCUT2D eigenvalue weighted by atomic mass is 16.7. The van der Waals surface area contributed by atoms with E-state index in [9.17, 15) is 5.11 Å². The van der Waals surface area contributed by atoms with Crippen LogP contribution in [0.15, 0.2) is 35.4 Å². The summed E-state index contributed by atoms with van der Waals surface area (Å²) in [6.45, 7) is 0.280. The zero-order valence-corrected chi connectivity index (χ0v) is 12.7. The van der Waals surface area contributed by atoms with Crippen molar-refractivity contribution in [3.63, 3.8) is 0 Å². The Morgan fingerprint density at radius 3 is 2.83 bits per heavy atom. The van der Waals surface area contributed by atoms with E-state index in [1.807, 2.05) is 30.3 Å². The maximum atomic E-state index is 10.5. The van der Waals surface area contributed by atoms with Crippen LogP contribution in [0.5, 0.6) is 0 Å². The molecule has 0 radical (unpaired) electrons. The van der Waals surface area contributed by atoms with Crippen LogP contribution in [-0.2, 0) is 25.4 Å². The molecule has 2 saturated heterocycles. The highest BCUT2D eigenvalue weighted by Gasteiger charge is 2.49. The minimum Gasteiger partial charge on any atom is -0.390 e. The third-order valence-corrected chi connectivity index (χ3v) is 4.06. The smallest absolute Gasteiger partial charge is 0.168 e. The maximum absolute atomic E-state index is 10.5. The van der Waals surface area contributed by atoms with Crippen molar-refractivity contribution in [2.24, 2.45) is 5.11 Å². The van der Waals surface area contributed by atoms with E-state index in [-0.39, 0.29) is 6.61 Å². The van der Waals surface area contributed by atoms with Gasteiger partial charge in [0.2, 0.25) is 0 Å². The van der Waals surface area contributed by atoms with Gasteiger partial charge >= 0.3 is 0 Å². The first-order valence-corrected chi connectivity index (χ1v) is 7.44. The van der Waals surface area contributed by atoms with Crippen molar-refractivity contribution >= 4 is 0 Å². The number of hydrogen-bond acceptors (Lipinski definition) is 6. The van der Waals surface area contributed by atoms with E-state index >= 15 is 0 Å². The second kappa shape index (κ2) is 7.27. The highest BCUT2D eigenvalue weighted by Crippen LogP contribution is 2.31. The molecule has 1 aromatic rings. The summed E-state index contributed by atoms with van der Waals surface area (Å²) in [7, 11) is 1.43. The summed E-state index contributed by atoms with van der Waals surface area (Å²) in [5.74, 6) is 0. The van der Waals surface area contributed by atoms with E-state index in [1.54, 1.807) is 0 Å². The Morgan fingerprint density at radius 1 is 1.35 bits per heavy atom. The van der Waals surface area contributed by atoms with Gasteiger partial charge in [-0.05, 0) is 11.1 Å². The topological polar surface area (TPSA) is 106 Å². The zero-order chi connectivity index (χ0) is 16.2. The van der Waals surface area contributed by atoms with E-state index in [2.05, 4.69) is 10.0 Å². The van der Waals surface area contributed by atoms with E-state index in [4.69, 9.17) is 24.5 Å². The molecule has 0 aromatic heterocycles. The molecule has 0 spiro atoms. The van der Waals surface area contributed by atoms with Crippen LogP contribution in [0.2, 0.25) is 0 Å². The molecule has 8 nitrogen and oxygen atoms in total. The van der Waals surface area contributed by atoms with Gasteiger partial charge in [0.15, 0.2) is 12.6 Å². The Kier molecular flexibility index (Phi) is 5.12. The minimum atomic E-state index is -1.02. The lowest BCUT2D eigenvalue weighted by atomic mass is 9.96. The minimum absolute atomic E-state index is 0.280. The monoisotopic (exact) mass is 321 g/mol. The van der Waals surface area contributed by atoms with Gasteiger partial charge < -0.3 is 24.1 Å². The Morgan fingerprint density at radius 2 is 2.13 bits per heavy atom. The first-order valence-electron chi connectivity index (χ1n) is 7.44. The Hall–Kier alpha value is -1.67. The van der Waals surface area contributed by atoms with Crippen LogP contribution in [0.4, 0.5) is 0 Å². The predicted molar refractivity (Wildman–Crippen MR) is 79.4 cm³/mol. The molecule has 2 aliphatic rings. The molecular formula is C15H19N3O5. The van der Waals surface area contributed by atoms with Crippen LogP contribution in [0.3, 0.4) is 0 Å². The Balaban J connectivity index is 1.70. The van der Waals surface area contributed by atoms with Crippen LogP contribution < -0.4 is 0 Å². The van der Waals surface area contributed by atoms with E-state index in [0.717, 1.165) is 5.56 Å². The number of methoxy groups -OCH3 is 1. The van der Waals surface area contributed by atoms with E-state index in [1.165, 1.54) is 7.11 Å². The van der Waals surface area contributed by atoms with Crippen LogP contribution >= 0.6 is 0 Å². The third kappa shape index (κ3) is 3.48. The zero-order valence-electron chi connectivity index (χ0n) is 12.7. The van der Waals surface area contributed by atoms with Crippen molar-refractivity contribution in [1.29, 1.82) is 0 Å². The lowest BCUT2D eigenvalue weighted by Crippen LogP contribution is -2.62. The molecule has 0 saturated carbocycles. The number of benzene rings is 1. The molecule has 1 aromatic carbocycles. The number of hydrogen-bond donors (Lipinski definition) is 1. The van der Waals surface area contributed by atoms with Crippen LogP contribution in [0.1, 0.15) is 5.56 Å². The number of azide groups is 1. The normalized spacial score (nSPS) is 36.8. The van der Waals surface area contributed by atoms with Gasteiger partial charge in [0, 0.05) is 18.4 Å². The van der Waals surface area contributed by atoms with Gasteiger partial charge in [-0.1, -0.05) is 35.4 Å². The molecule has 124 valence electrons. The fraction of sp³-hybridized carbons (Fsp3) is 0.600. The van der Waals surface area contributed by atoms with Crippen molar-refractivity contribution in [3.8, 4) is 0 Å². The van der Waals surface area contributed by atoms with Gasteiger partial charge in [0.05, 0.1) is 12.7 Å². The van der Waals surface area contributed by atoms with E-state index < -0.39 is 36.9 Å². The molecule has 0 amide bonds. The average molecular weight is 321 g/mol. The fourth-order valence-electron chi connectivity index (χ4n) is 2.92. The maximum Gasteiger partial charge on any atom is 0.168 e. The molecule has 2 aliphatic heterocycles. The lowest BCUT2D eigenvalue weighted by molar-refractivity contribution is -0.335. The van der Waals surface area contributed by atoms with Crippen molar-refractivity contribution < 1.29 is 24.1 Å². The fourth-order valence-corrected chi connectivity index (χ4v) is 2.92. The number of ether oxygens (including phenoxy) is 4. The molecule has 8 heteroatoms. The van der Waals surface area contributed by atoms with Gasteiger partial charge in [0.1, 0.15) is 18.2 Å². The van der Waals surface area contributed by atoms with Gasteiger partial charge in [-0.2, -0.15) is 0 Å². The van der Waals surface area contributed by atoms with Crippen LogP contribution in [0.25, 0.3) is 10.4 Å².